The number of amides is 2. The molecule has 2 bridgehead atoms. The van der Waals surface area contributed by atoms with Crippen molar-refractivity contribution in [3.8, 4) is 11.5 Å². The Morgan fingerprint density at radius 2 is 1.62 bits per heavy atom. The first-order valence-electron chi connectivity index (χ1n) is 12.5. The summed E-state index contributed by atoms with van der Waals surface area (Å²) in [6.07, 6.45) is 0.861. The van der Waals surface area contributed by atoms with E-state index in [1.54, 1.807) is 26.0 Å². The lowest BCUT2D eigenvalue weighted by atomic mass is 9.68. The Morgan fingerprint density at radius 1 is 0.919 bits per heavy atom. The second-order valence-corrected chi connectivity index (χ2v) is 12.6. The van der Waals surface area contributed by atoms with Gasteiger partial charge in [-0.05, 0) is 60.9 Å². The molecule has 3 heterocycles. The summed E-state index contributed by atoms with van der Waals surface area (Å²) < 4.78 is 11.1. The first-order chi connectivity index (χ1) is 17.9. The Bertz CT molecular complexity index is 1490. The zero-order chi connectivity index (χ0) is 25.6. The van der Waals surface area contributed by atoms with Gasteiger partial charge in [0.15, 0.2) is 11.5 Å². The predicted molar refractivity (Wildman–Crippen MR) is 142 cm³/mol. The van der Waals surface area contributed by atoms with Crippen molar-refractivity contribution >= 4 is 40.6 Å². The number of H-pyrrole nitrogens is 1. The average Bonchev–Trinajstić information content (AvgIpc) is 3.63. The van der Waals surface area contributed by atoms with E-state index in [0.29, 0.717) is 17.2 Å². The van der Waals surface area contributed by atoms with Crippen molar-refractivity contribution in [2.75, 3.05) is 19.1 Å². The lowest BCUT2D eigenvalue weighted by Gasteiger charge is -2.43. The van der Waals surface area contributed by atoms with Gasteiger partial charge in [0.2, 0.25) is 11.8 Å². The molecule has 2 amide bonds. The number of nitrogens with one attached hydrogen (secondary N) is 1. The molecule has 7 nitrogen and oxygen atoms in total. The summed E-state index contributed by atoms with van der Waals surface area (Å²) in [5.74, 6) is 0.767. The van der Waals surface area contributed by atoms with Gasteiger partial charge in [-0.25, -0.2) is 0 Å². The molecule has 1 N–H and O–H groups in total. The third kappa shape index (κ3) is 3.16. The van der Waals surface area contributed by atoms with Gasteiger partial charge >= 0.3 is 4.87 Å². The minimum Gasteiger partial charge on any atom is -0.493 e. The van der Waals surface area contributed by atoms with Crippen molar-refractivity contribution in [2.24, 2.45) is 29.6 Å². The number of thiazole rings is 1. The Hall–Kier alpha value is -3.04. The second-order valence-electron chi connectivity index (χ2n) is 10.4. The summed E-state index contributed by atoms with van der Waals surface area (Å²) >= 11 is 2.95. The number of carbonyl (C=O) groups is 2. The molecule has 3 aromatic rings. The van der Waals surface area contributed by atoms with Crippen molar-refractivity contribution in [1.29, 1.82) is 0 Å². The van der Waals surface area contributed by atoms with Crippen molar-refractivity contribution in [2.45, 2.75) is 29.5 Å². The molecule has 0 unspecified atom stereocenters. The van der Waals surface area contributed by atoms with Crippen LogP contribution < -0.4 is 19.2 Å². The van der Waals surface area contributed by atoms with E-state index in [1.807, 2.05) is 49.4 Å². The molecule has 190 valence electrons. The highest BCUT2D eigenvalue weighted by atomic mass is 32.2. The maximum absolute atomic E-state index is 13.8. The Morgan fingerprint density at radius 3 is 2.32 bits per heavy atom. The molecule has 7 atom stereocenters. The number of aryl methyl sites for hydroxylation is 1. The van der Waals surface area contributed by atoms with Gasteiger partial charge in [-0.1, -0.05) is 35.1 Å². The molecule has 1 saturated heterocycles. The molecule has 3 fully saturated rings. The lowest BCUT2D eigenvalue weighted by molar-refractivity contribution is -0.123. The fourth-order valence-corrected chi connectivity index (χ4v) is 10.3. The van der Waals surface area contributed by atoms with E-state index in [-0.39, 0.29) is 57.4 Å². The number of anilines is 1. The van der Waals surface area contributed by atoms with Crippen LogP contribution in [0.4, 0.5) is 5.69 Å². The molecule has 9 heteroatoms. The molecule has 37 heavy (non-hydrogen) atoms. The first-order valence-corrected chi connectivity index (χ1v) is 14.2. The van der Waals surface area contributed by atoms with Crippen LogP contribution in [0, 0.1) is 36.5 Å². The SMILES string of the molecule is COc1ccc([C@@H]2c3sc(=O)[nH]c3S[C@@H]3[C@H]4C[C@@H]([C@@H]5C(=O)N(c6ccc(C)cc6)C(=O)[C@@H]45)[C@@H]23)cc1OC. The zero-order valence-electron chi connectivity index (χ0n) is 20.6. The van der Waals surface area contributed by atoms with E-state index in [4.69, 9.17) is 9.47 Å². The number of aromatic nitrogens is 1. The fraction of sp³-hybridized carbons (Fsp3) is 0.393. The summed E-state index contributed by atoms with van der Waals surface area (Å²) in [5, 5.41) is 1.05. The van der Waals surface area contributed by atoms with Crippen molar-refractivity contribution in [1.82, 2.24) is 4.98 Å². The van der Waals surface area contributed by atoms with Crippen LogP contribution in [0.5, 0.6) is 11.5 Å². The Labute approximate surface area is 222 Å². The van der Waals surface area contributed by atoms with Crippen LogP contribution in [0.3, 0.4) is 0 Å². The fourth-order valence-electron chi connectivity index (χ4n) is 7.38. The Balaban J connectivity index is 1.32. The molecular weight excluding hydrogens is 508 g/mol. The highest BCUT2D eigenvalue weighted by molar-refractivity contribution is 8.00. The number of fused-ring (bicyclic) bond motifs is 9. The van der Waals surface area contributed by atoms with Gasteiger partial charge in [-0.3, -0.25) is 19.3 Å². The second kappa shape index (κ2) is 8.23. The van der Waals surface area contributed by atoms with Gasteiger partial charge in [0.05, 0.1) is 36.8 Å². The third-order valence-electron chi connectivity index (χ3n) is 8.78. The number of carbonyl (C=O) groups excluding carboxylic acids is 2. The molecule has 7 rings (SSSR count). The minimum absolute atomic E-state index is 0.0581. The minimum atomic E-state index is -0.319. The van der Waals surface area contributed by atoms with Gasteiger partial charge < -0.3 is 14.5 Å². The van der Waals surface area contributed by atoms with Crippen molar-refractivity contribution in [3.05, 3.63) is 68.1 Å². The summed E-state index contributed by atoms with van der Waals surface area (Å²) in [6.45, 7) is 1.99. The largest absolute Gasteiger partial charge is 0.493 e. The molecular formula is C28H26N2O5S2. The Kier molecular flexibility index (Phi) is 5.14. The summed E-state index contributed by atoms with van der Waals surface area (Å²) in [6, 6.07) is 13.5. The number of hydrogen-bond acceptors (Lipinski definition) is 7. The standard InChI is InChI=1S/C28H26N2O5S2/c1-12-4-7-14(8-5-12)30-26(31)21-15-11-16(22(21)27(30)32)23-20(15)19(24-25(36-23)29-28(33)37-24)13-6-9-17(34-2)18(10-13)35-3/h4-10,15-16,19-23H,11H2,1-3H3,(H,29,33)/t15-,16+,19+,20+,21+,22+,23-/m1/s1. The van der Waals surface area contributed by atoms with Crippen molar-refractivity contribution in [3.63, 3.8) is 0 Å². The highest BCUT2D eigenvalue weighted by Crippen LogP contribution is 2.68. The smallest absolute Gasteiger partial charge is 0.305 e. The first kappa shape index (κ1) is 23.1. The van der Waals surface area contributed by atoms with Crippen LogP contribution in [-0.4, -0.2) is 36.3 Å². The molecule has 2 aromatic carbocycles. The van der Waals surface area contributed by atoms with Gasteiger partial charge in [-0.15, -0.1) is 11.8 Å². The third-order valence-corrected chi connectivity index (χ3v) is 11.4. The van der Waals surface area contributed by atoms with E-state index in [9.17, 15) is 14.4 Å². The van der Waals surface area contributed by atoms with Crippen molar-refractivity contribution < 1.29 is 19.1 Å². The maximum Gasteiger partial charge on any atom is 0.305 e. The predicted octanol–water partition coefficient (Wildman–Crippen LogP) is 4.44. The lowest BCUT2D eigenvalue weighted by Crippen LogP contribution is -2.42. The number of aromatic amines is 1. The number of ether oxygens (including phenoxy) is 2. The summed E-state index contributed by atoms with van der Waals surface area (Å²) in [5.41, 5.74) is 2.79. The van der Waals surface area contributed by atoms with E-state index in [1.165, 1.54) is 16.2 Å². The number of hydrogen-bond donors (Lipinski definition) is 1. The molecule has 2 aliphatic heterocycles. The van der Waals surface area contributed by atoms with E-state index < -0.39 is 0 Å². The number of benzene rings is 2. The van der Waals surface area contributed by atoms with E-state index >= 15 is 0 Å². The van der Waals surface area contributed by atoms with Gasteiger partial charge in [0, 0.05) is 16.0 Å². The quantitative estimate of drug-likeness (QED) is 0.498. The number of methoxy groups -OCH3 is 2. The number of thioether (sulfide) groups is 1. The van der Waals surface area contributed by atoms with Gasteiger partial charge in [0.25, 0.3) is 0 Å². The van der Waals surface area contributed by atoms with Crippen LogP contribution in [0.2, 0.25) is 0 Å². The highest BCUT2D eigenvalue weighted by Gasteiger charge is 2.69. The summed E-state index contributed by atoms with van der Waals surface area (Å²) in [7, 11) is 3.23. The molecule has 4 aliphatic rings. The summed E-state index contributed by atoms with van der Waals surface area (Å²) in [4.78, 5) is 45.4. The van der Waals surface area contributed by atoms with Crippen LogP contribution in [0.15, 0.2) is 52.3 Å². The van der Waals surface area contributed by atoms with Gasteiger partial charge in [0.1, 0.15) is 0 Å². The molecule has 0 radical (unpaired) electrons. The van der Waals surface area contributed by atoms with Crippen LogP contribution in [0.1, 0.15) is 28.3 Å². The zero-order valence-corrected chi connectivity index (χ0v) is 22.2. The molecule has 0 spiro atoms. The van der Waals surface area contributed by atoms with Crippen LogP contribution in [-0.2, 0) is 9.59 Å². The van der Waals surface area contributed by atoms with E-state index in [2.05, 4.69) is 4.98 Å². The number of imide groups is 1. The van der Waals surface area contributed by atoms with E-state index in [0.717, 1.165) is 27.5 Å². The number of rotatable bonds is 4. The van der Waals surface area contributed by atoms with Gasteiger partial charge in [-0.2, -0.15) is 0 Å². The number of nitrogens with zero attached hydrogens (tertiary/aromatic N) is 1. The molecule has 2 aliphatic carbocycles. The molecule has 1 aromatic heterocycles. The monoisotopic (exact) mass is 534 g/mol. The molecule has 2 saturated carbocycles. The maximum atomic E-state index is 13.8. The normalized spacial score (nSPS) is 31.3. The average molecular weight is 535 g/mol. The van der Waals surface area contributed by atoms with Crippen LogP contribution in [0.25, 0.3) is 0 Å². The van der Waals surface area contributed by atoms with Crippen LogP contribution >= 0.6 is 23.1 Å². The topological polar surface area (TPSA) is 88.7 Å².